The minimum absolute atomic E-state index is 0.00421. The Morgan fingerprint density at radius 2 is 1.82 bits per heavy atom. The molecule has 0 aliphatic rings. The van der Waals surface area contributed by atoms with E-state index in [1.165, 1.54) is 37.4 Å². The Bertz CT molecular complexity index is 1110. The van der Waals surface area contributed by atoms with Crippen molar-refractivity contribution in [3.63, 3.8) is 0 Å². The number of hydrogen-bond acceptors (Lipinski definition) is 7. The number of ketones is 1. The minimum atomic E-state index is -1.57. The number of nitrogens with one attached hydrogen (secondary N) is 2. The van der Waals surface area contributed by atoms with Gasteiger partial charge in [0.2, 0.25) is 5.78 Å². The normalized spacial score (nSPS) is 10.1. The number of rotatable bonds is 11. The molecule has 12 heteroatoms. The molecule has 0 bridgehead atoms. The van der Waals surface area contributed by atoms with Gasteiger partial charge in [-0.3, -0.25) is 15.0 Å². The van der Waals surface area contributed by atoms with Gasteiger partial charge in [-0.25, -0.2) is 9.79 Å². The number of ether oxygens (including phenoxy) is 2. The summed E-state index contributed by atoms with van der Waals surface area (Å²) in [6, 6.07) is 8.94. The number of guanidine groups is 1. The van der Waals surface area contributed by atoms with Gasteiger partial charge >= 0.3 is 5.97 Å². The maximum Gasteiger partial charge on any atom is 0.372 e. The van der Waals surface area contributed by atoms with Crippen LogP contribution in [-0.4, -0.2) is 54.8 Å². The molecule has 0 spiro atoms. The Hall–Kier alpha value is -4.61. The molecule has 0 heterocycles. The van der Waals surface area contributed by atoms with Crippen LogP contribution in [0, 0.1) is 5.41 Å². The van der Waals surface area contributed by atoms with E-state index in [0.29, 0.717) is 16.8 Å². The van der Waals surface area contributed by atoms with E-state index in [1.54, 1.807) is 6.07 Å². The van der Waals surface area contributed by atoms with Crippen LogP contribution in [0.4, 0.5) is 5.69 Å². The van der Waals surface area contributed by atoms with Crippen LogP contribution in [-0.2, 0) is 16.0 Å². The predicted octanol–water partition coefficient (Wildman–Crippen LogP) is -0.111. The first-order valence-electron chi connectivity index (χ1n) is 9.54. The number of aliphatic carboxylic acids is 1. The highest BCUT2D eigenvalue weighted by Crippen LogP contribution is 2.25. The summed E-state index contributed by atoms with van der Waals surface area (Å²) in [4.78, 5) is 38.9. The van der Waals surface area contributed by atoms with Crippen molar-refractivity contribution in [2.24, 2.45) is 22.2 Å². The lowest BCUT2D eigenvalue weighted by Gasteiger charge is -2.14. The Balaban J connectivity index is 2.06. The molecule has 2 aromatic carbocycles. The Morgan fingerprint density at radius 3 is 2.42 bits per heavy atom. The second-order valence-electron chi connectivity index (χ2n) is 6.67. The molecule has 0 atom stereocenters. The summed E-state index contributed by atoms with van der Waals surface area (Å²) in [5.74, 6) is -2.93. The average molecular weight is 456 g/mol. The van der Waals surface area contributed by atoms with E-state index in [4.69, 9.17) is 37.2 Å². The number of methoxy groups -OCH3 is 1. The van der Waals surface area contributed by atoms with Crippen molar-refractivity contribution in [2.75, 3.05) is 20.3 Å². The van der Waals surface area contributed by atoms with Crippen LogP contribution in [0.1, 0.15) is 21.5 Å². The molecule has 12 nitrogen and oxygen atoms in total. The SMILES string of the molecule is COc1cc(N=C(N)N)ccc1C(=O)NCCOc1cc(C(=N)N)ccc1CC(=O)C(=O)O. The standard InChI is InChI=1S/C21H24N6O6/c1-32-17-10-13(27-21(24)25)4-5-14(17)19(29)26-6-7-33-16-9-12(18(22)23)3-2-11(16)8-15(28)20(30)31/h2-5,9-10H,6-8H2,1H3,(H3,22,23)(H,26,29)(H,30,31)(H4,24,25,27). The van der Waals surface area contributed by atoms with Crippen molar-refractivity contribution in [2.45, 2.75) is 6.42 Å². The fraction of sp³-hybridized carbons (Fsp3) is 0.190. The molecule has 2 aromatic rings. The second kappa shape index (κ2) is 11.1. The van der Waals surface area contributed by atoms with Crippen LogP contribution < -0.4 is 32.0 Å². The number of hydrogen-bond donors (Lipinski definition) is 6. The largest absolute Gasteiger partial charge is 0.496 e. The molecule has 174 valence electrons. The van der Waals surface area contributed by atoms with Gasteiger partial charge in [-0.05, 0) is 18.2 Å². The van der Waals surface area contributed by atoms with Crippen LogP contribution in [0.2, 0.25) is 0 Å². The van der Waals surface area contributed by atoms with Crippen LogP contribution in [0.5, 0.6) is 11.5 Å². The van der Waals surface area contributed by atoms with E-state index < -0.39 is 24.1 Å². The van der Waals surface area contributed by atoms with Gasteiger partial charge in [-0.1, -0.05) is 12.1 Å². The van der Waals surface area contributed by atoms with Gasteiger partial charge in [0.1, 0.15) is 23.9 Å². The molecule has 2 rings (SSSR count). The molecule has 0 unspecified atom stereocenters. The van der Waals surface area contributed by atoms with Crippen molar-refractivity contribution in [3.05, 3.63) is 53.1 Å². The first-order chi connectivity index (χ1) is 15.6. The number of carbonyl (C=O) groups is 3. The van der Waals surface area contributed by atoms with E-state index in [9.17, 15) is 14.4 Å². The number of carboxylic acids is 1. The van der Waals surface area contributed by atoms with Crippen molar-refractivity contribution >= 4 is 35.1 Å². The third-order valence-corrected chi connectivity index (χ3v) is 4.30. The van der Waals surface area contributed by atoms with Gasteiger partial charge in [0.15, 0.2) is 5.96 Å². The zero-order chi connectivity index (χ0) is 24.5. The fourth-order valence-electron chi connectivity index (χ4n) is 2.76. The smallest absolute Gasteiger partial charge is 0.372 e. The molecule has 0 saturated heterocycles. The van der Waals surface area contributed by atoms with Crippen molar-refractivity contribution in [3.8, 4) is 11.5 Å². The summed E-state index contributed by atoms with van der Waals surface area (Å²) in [5.41, 5.74) is 17.5. The van der Waals surface area contributed by atoms with E-state index >= 15 is 0 Å². The van der Waals surface area contributed by atoms with Gasteiger partial charge in [-0.2, -0.15) is 0 Å². The molecule has 0 aliphatic carbocycles. The number of amides is 1. The summed E-state index contributed by atoms with van der Waals surface area (Å²) < 4.78 is 10.8. The topological polar surface area (TPSA) is 216 Å². The minimum Gasteiger partial charge on any atom is -0.496 e. The molecular weight excluding hydrogens is 432 g/mol. The van der Waals surface area contributed by atoms with E-state index in [-0.39, 0.29) is 42.0 Å². The van der Waals surface area contributed by atoms with Crippen molar-refractivity contribution in [1.82, 2.24) is 5.32 Å². The molecule has 0 saturated carbocycles. The molecular formula is C21H24N6O6. The monoisotopic (exact) mass is 456 g/mol. The molecule has 0 radical (unpaired) electrons. The van der Waals surface area contributed by atoms with E-state index in [2.05, 4.69) is 10.3 Å². The third-order valence-electron chi connectivity index (χ3n) is 4.30. The number of benzene rings is 2. The zero-order valence-electron chi connectivity index (χ0n) is 17.8. The first kappa shape index (κ1) is 24.7. The highest BCUT2D eigenvalue weighted by molar-refractivity contribution is 6.33. The van der Waals surface area contributed by atoms with Crippen molar-refractivity contribution in [1.29, 1.82) is 5.41 Å². The molecule has 9 N–H and O–H groups in total. The summed E-state index contributed by atoms with van der Waals surface area (Å²) >= 11 is 0. The maximum absolute atomic E-state index is 12.5. The highest BCUT2D eigenvalue weighted by Gasteiger charge is 2.17. The summed E-state index contributed by atoms with van der Waals surface area (Å²) in [5, 5.41) is 19.0. The van der Waals surface area contributed by atoms with Crippen LogP contribution in [0.15, 0.2) is 41.4 Å². The van der Waals surface area contributed by atoms with Crippen LogP contribution in [0.3, 0.4) is 0 Å². The lowest BCUT2D eigenvalue weighted by Crippen LogP contribution is -2.28. The van der Waals surface area contributed by atoms with E-state index in [1.807, 2.05) is 0 Å². The zero-order valence-corrected chi connectivity index (χ0v) is 17.8. The lowest BCUT2D eigenvalue weighted by molar-refractivity contribution is -0.148. The maximum atomic E-state index is 12.5. The first-order valence-corrected chi connectivity index (χ1v) is 9.54. The number of carboxylic acid groups (broad SMARTS) is 1. The Morgan fingerprint density at radius 1 is 1.09 bits per heavy atom. The number of nitrogens with zero attached hydrogens (tertiary/aromatic N) is 1. The van der Waals surface area contributed by atoms with Gasteiger partial charge in [-0.15, -0.1) is 0 Å². The quantitative estimate of drug-likeness (QED) is 0.115. The van der Waals surface area contributed by atoms with Gasteiger partial charge in [0.05, 0.1) is 24.9 Å². The molecule has 0 aromatic heterocycles. The number of carbonyl (C=O) groups excluding carboxylic acids is 2. The van der Waals surface area contributed by atoms with Crippen LogP contribution >= 0.6 is 0 Å². The average Bonchev–Trinajstić information content (AvgIpc) is 2.76. The van der Waals surface area contributed by atoms with Gasteiger partial charge < -0.3 is 37.1 Å². The van der Waals surface area contributed by atoms with Gasteiger partial charge in [0.25, 0.3) is 5.91 Å². The summed E-state index contributed by atoms with van der Waals surface area (Å²) in [7, 11) is 1.40. The Labute approximate surface area is 188 Å². The lowest BCUT2D eigenvalue weighted by atomic mass is 10.0. The number of Topliss-reactive ketones (excluding diaryl/α,β-unsaturated/α-hetero) is 1. The summed E-state index contributed by atoms with van der Waals surface area (Å²) in [6.45, 7) is 0.0734. The number of amidine groups is 1. The fourth-order valence-corrected chi connectivity index (χ4v) is 2.76. The molecule has 0 aliphatic heterocycles. The third kappa shape index (κ3) is 6.95. The van der Waals surface area contributed by atoms with E-state index in [0.717, 1.165) is 0 Å². The van der Waals surface area contributed by atoms with Gasteiger partial charge in [0, 0.05) is 23.6 Å². The number of aliphatic imine (C=N–C) groups is 1. The Kier molecular flexibility index (Phi) is 8.32. The number of nitrogens with two attached hydrogens (primary N) is 3. The summed E-state index contributed by atoms with van der Waals surface area (Å²) in [6.07, 6.45) is -0.394. The predicted molar refractivity (Wildman–Crippen MR) is 120 cm³/mol. The molecule has 33 heavy (non-hydrogen) atoms. The van der Waals surface area contributed by atoms with Crippen molar-refractivity contribution < 1.29 is 29.0 Å². The second-order valence-corrected chi connectivity index (χ2v) is 6.67. The number of nitrogen functional groups attached to an aromatic ring is 1. The molecule has 0 fully saturated rings. The highest BCUT2D eigenvalue weighted by atomic mass is 16.5. The van der Waals surface area contributed by atoms with Crippen LogP contribution in [0.25, 0.3) is 0 Å². The molecule has 1 amide bonds.